The molecule has 0 aliphatic heterocycles. The lowest BCUT2D eigenvalue weighted by molar-refractivity contribution is -0.115. The lowest BCUT2D eigenvalue weighted by Gasteiger charge is -2.08. The normalized spacial score (nSPS) is 14.2. The van der Waals surface area contributed by atoms with E-state index < -0.39 is 23.6 Å². The van der Waals surface area contributed by atoms with E-state index in [1.807, 2.05) is 20.2 Å². The van der Waals surface area contributed by atoms with Gasteiger partial charge in [0.15, 0.2) is 11.6 Å². The van der Waals surface area contributed by atoms with Crippen LogP contribution in [0.25, 0.3) is 11.1 Å². The number of carbonyl (C=O) groups excluding carboxylic acids is 1. The van der Waals surface area contributed by atoms with Crippen LogP contribution in [0.5, 0.6) is 0 Å². The average Bonchev–Trinajstić information content (AvgIpc) is 3.43. The van der Waals surface area contributed by atoms with Crippen molar-refractivity contribution in [2.24, 2.45) is 7.05 Å². The molecular formula is C24H22F3N7O2. The molecule has 0 radical (unpaired) electrons. The molecule has 0 atom stereocenters. The van der Waals surface area contributed by atoms with Crippen molar-refractivity contribution in [3.05, 3.63) is 65.7 Å². The molecule has 36 heavy (non-hydrogen) atoms. The van der Waals surface area contributed by atoms with E-state index in [1.165, 1.54) is 18.2 Å². The van der Waals surface area contributed by atoms with Crippen molar-refractivity contribution in [1.82, 2.24) is 24.9 Å². The van der Waals surface area contributed by atoms with Crippen molar-refractivity contribution < 1.29 is 22.5 Å². The summed E-state index contributed by atoms with van der Waals surface area (Å²) in [4.78, 5) is 20.9. The second kappa shape index (κ2) is 9.10. The predicted molar refractivity (Wildman–Crippen MR) is 124 cm³/mol. The van der Waals surface area contributed by atoms with Crippen LogP contribution >= 0.6 is 0 Å². The first-order valence-corrected chi connectivity index (χ1v) is 11.2. The summed E-state index contributed by atoms with van der Waals surface area (Å²) in [6, 6.07) is 5.76. The molecule has 12 heteroatoms. The van der Waals surface area contributed by atoms with Gasteiger partial charge in [-0.05, 0) is 37.0 Å². The second-order valence-electron chi connectivity index (χ2n) is 8.79. The quantitative estimate of drug-likeness (QED) is 0.368. The molecule has 0 saturated heterocycles. The second-order valence-corrected chi connectivity index (χ2v) is 8.79. The summed E-state index contributed by atoms with van der Waals surface area (Å²) in [6.45, 7) is 1.86. The summed E-state index contributed by atoms with van der Waals surface area (Å²) in [6.07, 6.45) is 2.72. The SMILES string of the molecule is Cc1nn(C)cc1Nc1ncc(-c2ccc(CC(=O)Nc3cc(C4(C(F)F)CC4)on3)c(F)c2)cn1. The number of benzene rings is 1. The van der Waals surface area contributed by atoms with Crippen LogP contribution in [0.2, 0.25) is 0 Å². The average molecular weight is 497 g/mol. The lowest BCUT2D eigenvalue weighted by Crippen LogP contribution is -2.17. The molecule has 2 N–H and O–H groups in total. The molecule has 0 bridgehead atoms. The van der Waals surface area contributed by atoms with Gasteiger partial charge >= 0.3 is 0 Å². The summed E-state index contributed by atoms with van der Waals surface area (Å²) < 4.78 is 47.8. The summed E-state index contributed by atoms with van der Waals surface area (Å²) in [7, 11) is 1.81. The highest BCUT2D eigenvalue weighted by Gasteiger charge is 2.55. The Morgan fingerprint density at radius 3 is 2.56 bits per heavy atom. The molecule has 1 aliphatic carbocycles. The lowest BCUT2D eigenvalue weighted by atomic mass is 10.0. The van der Waals surface area contributed by atoms with Gasteiger partial charge in [0.2, 0.25) is 11.9 Å². The Morgan fingerprint density at radius 2 is 1.94 bits per heavy atom. The number of alkyl halides is 2. The topological polar surface area (TPSA) is 111 Å². The molecule has 3 heterocycles. The summed E-state index contributed by atoms with van der Waals surface area (Å²) in [5.74, 6) is -0.687. The molecule has 1 amide bonds. The fraction of sp³-hybridized carbons (Fsp3) is 0.292. The predicted octanol–water partition coefficient (Wildman–Crippen LogP) is 4.53. The van der Waals surface area contributed by atoms with Gasteiger partial charge in [-0.25, -0.2) is 23.1 Å². The van der Waals surface area contributed by atoms with Gasteiger partial charge < -0.3 is 15.2 Å². The smallest absolute Gasteiger partial charge is 0.251 e. The third kappa shape index (κ3) is 4.66. The van der Waals surface area contributed by atoms with Gasteiger partial charge in [-0.1, -0.05) is 17.3 Å². The van der Waals surface area contributed by atoms with Crippen LogP contribution in [0.1, 0.15) is 29.9 Å². The number of hydrogen-bond donors (Lipinski definition) is 2. The first kappa shape index (κ1) is 23.5. The molecule has 186 valence electrons. The number of aromatic nitrogens is 5. The molecule has 3 aromatic heterocycles. The first-order valence-electron chi connectivity index (χ1n) is 11.2. The first-order chi connectivity index (χ1) is 17.2. The monoisotopic (exact) mass is 497 g/mol. The van der Waals surface area contributed by atoms with Crippen LogP contribution in [0, 0.1) is 12.7 Å². The van der Waals surface area contributed by atoms with Gasteiger partial charge in [0.25, 0.3) is 6.43 Å². The highest BCUT2D eigenvalue weighted by Crippen LogP contribution is 2.53. The molecule has 1 aliphatic rings. The van der Waals surface area contributed by atoms with Gasteiger partial charge in [-0.2, -0.15) is 5.10 Å². The van der Waals surface area contributed by atoms with Crippen molar-refractivity contribution in [3.63, 3.8) is 0 Å². The molecule has 0 spiro atoms. The Balaban J connectivity index is 1.22. The largest absolute Gasteiger partial charge is 0.358 e. The van der Waals surface area contributed by atoms with E-state index in [0.29, 0.717) is 29.9 Å². The van der Waals surface area contributed by atoms with Crippen LogP contribution in [-0.2, 0) is 23.7 Å². The summed E-state index contributed by atoms with van der Waals surface area (Å²) in [5.41, 5.74) is 1.58. The Hall–Kier alpha value is -4.22. The maximum atomic E-state index is 14.7. The zero-order valence-electron chi connectivity index (χ0n) is 19.4. The third-order valence-corrected chi connectivity index (χ3v) is 6.12. The van der Waals surface area contributed by atoms with Crippen LogP contribution < -0.4 is 10.6 Å². The number of rotatable bonds is 8. The third-order valence-electron chi connectivity index (χ3n) is 6.12. The van der Waals surface area contributed by atoms with Gasteiger partial charge in [-0.15, -0.1) is 0 Å². The molecule has 4 aromatic rings. The van der Waals surface area contributed by atoms with Crippen molar-refractivity contribution in [3.8, 4) is 11.1 Å². The maximum absolute atomic E-state index is 14.7. The molecule has 1 saturated carbocycles. The van der Waals surface area contributed by atoms with Gasteiger partial charge in [-0.3, -0.25) is 9.48 Å². The van der Waals surface area contributed by atoms with Crippen LogP contribution in [0.4, 0.5) is 30.6 Å². The van der Waals surface area contributed by atoms with E-state index in [9.17, 15) is 18.0 Å². The van der Waals surface area contributed by atoms with E-state index in [-0.39, 0.29) is 23.6 Å². The van der Waals surface area contributed by atoms with Crippen molar-refractivity contribution in [2.45, 2.75) is 38.0 Å². The minimum atomic E-state index is -2.56. The Labute approximate surface area is 203 Å². The number of nitrogens with zero attached hydrogens (tertiary/aromatic N) is 5. The van der Waals surface area contributed by atoms with Gasteiger partial charge in [0, 0.05) is 37.3 Å². The Bertz CT molecular complexity index is 1410. The maximum Gasteiger partial charge on any atom is 0.251 e. The molecule has 0 unspecified atom stereocenters. The van der Waals surface area contributed by atoms with E-state index in [4.69, 9.17) is 4.52 Å². The fourth-order valence-electron chi connectivity index (χ4n) is 3.89. The summed E-state index contributed by atoms with van der Waals surface area (Å²) >= 11 is 0. The zero-order valence-corrected chi connectivity index (χ0v) is 19.4. The number of anilines is 3. The number of amides is 1. The zero-order chi connectivity index (χ0) is 25.4. The van der Waals surface area contributed by atoms with Crippen LogP contribution in [-0.4, -0.2) is 37.2 Å². The van der Waals surface area contributed by atoms with Crippen molar-refractivity contribution in [2.75, 3.05) is 10.6 Å². The van der Waals surface area contributed by atoms with Crippen LogP contribution in [0.3, 0.4) is 0 Å². The Morgan fingerprint density at radius 1 is 1.19 bits per heavy atom. The number of aryl methyl sites for hydroxylation is 2. The van der Waals surface area contributed by atoms with E-state index in [0.717, 1.165) is 11.4 Å². The van der Waals surface area contributed by atoms with Crippen molar-refractivity contribution >= 4 is 23.4 Å². The Kier molecular flexibility index (Phi) is 5.94. The van der Waals surface area contributed by atoms with Gasteiger partial charge in [0.1, 0.15) is 5.82 Å². The molecule has 5 rings (SSSR count). The van der Waals surface area contributed by atoms with Crippen LogP contribution in [0.15, 0.2) is 47.4 Å². The molecule has 1 aromatic carbocycles. The highest BCUT2D eigenvalue weighted by molar-refractivity contribution is 5.91. The standard InChI is InChI=1S/C24H22F3N7O2/c1-13-18(12-34(2)32-13)30-23-28-10-16(11-29-23)14-3-4-15(17(25)7-14)8-21(35)31-20-9-19(36-33-20)24(5-6-24)22(26)27/h3-4,7,9-12,22H,5-6,8H2,1-2H3,(H,28,29,30)(H,31,33,35). The summed E-state index contributed by atoms with van der Waals surface area (Å²) in [5, 5.41) is 13.4. The number of halogens is 3. The van der Waals surface area contributed by atoms with E-state index in [2.05, 4.69) is 30.9 Å². The fourth-order valence-corrected chi connectivity index (χ4v) is 3.89. The molecule has 1 fully saturated rings. The minimum absolute atomic E-state index is 0.0197. The number of hydrogen-bond acceptors (Lipinski definition) is 7. The minimum Gasteiger partial charge on any atom is -0.358 e. The van der Waals surface area contributed by atoms with Gasteiger partial charge in [0.05, 0.1) is 23.2 Å². The molecular weight excluding hydrogens is 475 g/mol. The number of carbonyl (C=O) groups is 1. The highest BCUT2D eigenvalue weighted by atomic mass is 19.3. The van der Waals surface area contributed by atoms with E-state index >= 15 is 0 Å². The number of nitrogens with one attached hydrogen (secondary N) is 2. The van der Waals surface area contributed by atoms with Crippen molar-refractivity contribution in [1.29, 1.82) is 0 Å². The van der Waals surface area contributed by atoms with E-state index in [1.54, 1.807) is 23.1 Å². The molecule has 9 nitrogen and oxygen atoms in total.